The highest BCUT2D eigenvalue weighted by Gasteiger charge is 2.19. The van der Waals surface area contributed by atoms with E-state index in [0.717, 1.165) is 5.56 Å². The van der Waals surface area contributed by atoms with Crippen LogP contribution >= 0.6 is 0 Å². The predicted molar refractivity (Wildman–Crippen MR) is 93.8 cm³/mol. The number of hydrogen-bond acceptors (Lipinski definition) is 5. The summed E-state index contributed by atoms with van der Waals surface area (Å²) >= 11 is 0. The number of alkyl halides is 2. The number of benzene rings is 2. The molecule has 0 spiro atoms. The summed E-state index contributed by atoms with van der Waals surface area (Å²) < 4.78 is 31.0. The first kappa shape index (κ1) is 19.2. The van der Waals surface area contributed by atoms with E-state index in [-0.39, 0.29) is 17.9 Å². The topological polar surface area (TPSA) is 71.7 Å². The molecule has 0 atom stereocenters. The number of esters is 1. The number of carbonyl (C=O) groups excluding carboxylic acids is 1. The minimum atomic E-state index is -2.80. The number of carbonyl (C=O) groups is 1. The van der Waals surface area contributed by atoms with Crippen LogP contribution in [0.4, 0.5) is 8.78 Å². The van der Waals surface area contributed by atoms with E-state index < -0.39 is 18.1 Å². The molecule has 2 rings (SSSR count). The maximum absolute atomic E-state index is 13.2. The van der Waals surface area contributed by atoms with Crippen LogP contribution in [-0.2, 0) is 21.0 Å². The first-order valence-electron chi connectivity index (χ1n) is 7.74. The summed E-state index contributed by atoms with van der Waals surface area (Å²) in [7, 11) is 1.18. The van der Waals surface area contributed by atoms with Gasteiger partial charge in [-0.2, -0.15) is 0 Å². The van der Waals surface area contributed by atoms with Crippen LogP contribution in [0.1, 0.15) is 22.3 Å². The summed E-state index contributed by atoms with van der Waals surface area (Å²) in [6.07, 6.45) is -2.80. The van der Waals surface area contributed by atoms with Gasteiger partial charge in [0.1, 0.15) is 12.3 Å². The molecular formula is C19H18F2N2O3. The Balaban J connectivity index is 2.26. The van der Waals surface area contributed by atoms with Gasteiger partial charge in [-0.15, -0.1) is 0 Å². The van der Waals surface area contributed by atoms with Crippen molar-refractivity contribution in [1.82, 2.24) is 0 Å². The summed E-state index contributed by atoms with van der Waals surface area (Å²) in [5.74, 6) is -0.794. The lowest BCUT2D eigenvalue weighted by atomic mass is 9.99. The molecule has 0 fully saturated rings. The number of halogens is 2. The Kier molecular flexibility index (Phi) is 6.54. The van der Waals surface area contributed by atoms with E-state index in [4.69, 9.17) is 10.2 Å². The van der Waals surface area contributed by atoms with E-state index in [1.165, 1.54) is 19.2 Å². The number of methoxy groups -OCH3 is 1. The molecule has 0 heterocycles. The summed E-state index contributed by atoms with van der Waals surface area (Å²) in [6, 6.07) is 13.0. The average molecular weight is 360 g/mol. The molecule has 0 unspecified atom stereocenters. The van der Waals surface area contributed by atoms with E-state index in [0.29, 0.717) is 11.1 Å². The van der Waals surface area contributed by atoms with Crippen LogP contribution < -0.4 is 0 Å². The summed E-state index contributed by atoms with van der Waals surface area (Å²) in [6.45, 7) is 1.60. The Morgan fingerprint density at radius 1 is 1.15 bits per heavy atom. The van der Waals surface area contributed by atoms with Crippen molar-refractivity contribution in [3.63, 3.8) is 0 Å². The molecule has 0 radical (unpaired) electrons. The summed E-state index contributed by atoms with van der Waals surface area (Å²) in [5.41, 5.74) is 0.998. The van der Waals surface area contributed by atoms with Gasteiger partial charge in [-0.25, -0.2) is 13.6 Å². The largest absolute Gasteiger partial charge is 0.464 e. The van der Waals surface area contributed by atoms with Crippen LogP contribution in [0.3, 0.4) is 0 Å². The fourth-order valence-electron chi connectivity index (χ4n) is 2.33. The van der Waals surface area contributed by atoms with Gasteiger partial charge in [0.15, 0.2) is 5.71 Å². The molecule has 0 aliphatic heterocycles. The molecule has 0 amide bonds. The fourth-order valence-corrected chi connectivity index (χ4v) is 2.33. The normalized spacial score (nSPS) is 11.3. The molecular weight excluding hydrogens is 342 g/mol. The number of aryl methyl sites for hydroxylation is 1. The Labute approximate surface area is 149 Å². The number of rotatable bonds is 7. The van der Waals surface area contributed by atoms with E-state index in [1.54, 1.807) is 43.3 Å². The summed E-state index contributed by atoms with van der Waals surface area (Å²) in [5, 5.41) is 11.5. The Morgan fingerprint density at radius 3 is 2.46 bits per heavy atom. The van der Waals surface area contributed by atoms with Gasteiger partial charge in [0.25, 0.3) is 6.43 Å². The second kappa shape index (κ2) is 8.84. The molecule has 0 aromatic heterocycles. The molecule has 0 saturated carbocycles. The van der Waals surface area contributed by atoms with Crippen molar-refractivity contribution >= 4 is 17.4 Å². The maximum atomic E-state index is 13.2. The number of oxime groups is 1. The van der Waals surface area contributed by atoms with Gasteiger partial charge < -0.3 is 9.57 Å². The van der Waals surface area contributed by atoms with Gasteiger partial charge in [-0.3, -0.25) is 5.41 Å². The van der Waals surface area contributed by atoms with Crippen molar-refractivity contribution in [3.05, 3.63) is 70.8 Å². The lowest BCUT2D eigenvalue weighted by molar-refractivity contribution is -0.132. The van der Waals surface area contributed by atoms with Crippen molar-refractivity contribution in [2.24, 2.45) is 5.16 Å². The van der Waals surface area contributed by atoms with Crippen LogP contribution in [0.5, 0.6) is 0 Å². The third-order valence-electron chi connectivity index (χ3n) is 3.72. The molecule has 0 aliphatic carbocycles. The minimum Gasteiger partial charge on any atom is -0.464 e. The van der Waals surface area contributed by atoms with Gasteiger partial charge in [-0.05, 0) is 12.5 Å². The lowest BCUT2D eigenvalue weighted by Gasteiger charge is -2.12. The molecule has 26 heavy (non-hydrogen) atoms. The molecule has 136 valence electrons. The zero-order chi connectivity index (χ0) is 19.1. The maximum Gasteiger partial charge on any atom is 0.356 e. The number of nitrogens with zero attached hydrogens (tertiary/aromatic N) is 1. The Hall–Kier alpha value is -3.09. The molecule has 2 aromatic rings. The van der Waals surface area contributed by atoms with Crippen LogP contribution in [-0.4, -0.2) is 30.9 Å². The van der Waals surface area contributed by atoms with Crippen LogP contribution in [0, 0.1) is 12.3 Å². The van der Waals surface area contributed by atoms with Crippen LogP contribution in [0.25, 0.3) is 0 Å². The highest BCUT2D eigenvalue weighted by atomic mass is 19.3. The Bertz CT molecular complexity index is 821. The van der Waals surface area contributed by atoms with Gasteiger partial charge in [0, 0.05) is 16.7 Å². The Morgan fingerprint density at radius 2 is 1.85 bits per heavy atom. The van der Waals surface area contributed by atoms with E-state index in [9.17, 15) is 13.6 Å². The molecule has 0 saturated heterocycles. The van der Waals surface area contributed by atoms with Crippen molar-refractivity contribution in [2.45, 2.75) is 20.0 Å². The van der Waals surface area contributed by atoms with Crippen molar-refractivity contribution in [1.29, 1.82) is 5.41 Å². The fraction of sp³-hybridized carbons (Fsp3) is 0.211. The first-order chi connectivity index (χ1) is 12.5. The quantitative estimate of drug-likeness (QED) is 0.465. The average Bonchev–Trinajstić information content (AvgIpc) is 2.65. The second-order valence-corrected chi connectivity index (χ2v) is 5.38. The molecule has 1 N–H and O–H groups in total. The zero-order valence-electron chi connectivity index (χ0n) is 14.3. The number of ether oxygens (including phenoxy) is 1. The smallest absolute Gasteiger partial charge is 0.356 e. The third kappa shape index (κ3) is 4.50. The monoisotopic (exact) mass is 360 g/mol. The van der Waals surface area contributed by atoms with Crippen LogP contribution in [0.15, 0.2) is 53.7 Å². The molecule has 2 aromatic carbocycles. The minimum absolute atomic E-state index is 0.162. The van der Waals surface area contributed by atoms with E-state index in [1.807, 2.05) is 0 Å². The van der Waals surface area contributed by atoms with Gasteiger partial charge in [0.05, 0.1) is 7.11 Å². The highest BCUT2D eigenvalue weighted by Crippen LogP contribution is 2.18. The highest BCUT2D eigenvalue weighted by molar-refractivity contribution is 6.42. The van der Waals surface area contributed by atoms with Gasteiger partial charge >= 0.3 is 5.97 Å². The van der Waals surface area contributed by atoms with E-state index in [2.05, 4.69) is 9.89 Å². The first-order valence-corrected chi connectivity index (χ1v) is 7.74. The standard InChI is InChI=1S/C19H18F2N2O3/c1-12-7-6-10-14(16(22)19(24)25-2)15(12)11-26-23-17(18(20)21)13-8-4-3-5-9-13/h3-10,18,22H,11H2,1-2H3/b22-16?,23-17-. The van der Waals surface area contributed by atoms with Gasteiger partial charge in [-0.1, -0.05) is 53.7 Å². The SMILES string of the molecule is COC(=O)C(=N)c1cccc(C)c1CO/N=C(/c1ccccc1)C(F)F. The van der Waals surface area contributed by atoms with Crippen LogP contribution in [0.2, 0.25) is 0 Å². The van der Waals surface area contributed by atoms with Gasteiger partial charge in [0.2, 0.25) is 0 Å². The molecule has 7 heteroatoms. The van der Waals surface area contributed by atoms with Crippen molar-refractivity contribution in [3.8, 4) is 0 Å². The molecule has 0 aliphatic rings. The zero-order valence-corrected chi connectivity index (χ0v) is 14.3. The number of nitrogens with one attached hydrogen (secondary N) is 1. The van der Waals surface area contributed by atoms with Crippen molar-refractivity contribution in [2.75, 3.05) is 7.11 Å². The molecule has 0 bridgehead atoms. The molecule has 5 nitrogen and oxygen atoms in total. The second-order valence-electron chi connectivity index (χ2n) is 5.38. The predicted octanol–water partition coefficient (Wildman–Crippen LogP) is 3.72. The van der Waals surface area contributed by atoms with E-state index >= 15 is 0 Å². The lowest BCUT2D eigenvalue weighted by Crippen LogP contribution is -2.18. The number of hydrogen-bond donors (Lipinski definition) is 1. The summed E-state index contributed by atoms with van der Waals surface area (Å²) in [4.78, 5) is 16.8. The third-order valence-corrected chi connectivity index (χ3v) is 3.72. The van der Waals surface area contributed by atoms with Crippen molar-refractivity contribution < 1.29 is 23.1 Å².